The number of carbonyl (C=O) groups excluding carboxylic acids is 2. The lowest BCUT2D eigenvalue weighted by Crippen LogP contribution is -2.49. The zero-order valence-electron chi connectivity index (χ0n) is 11.1. The van der Waals surface area contributed by atoms with Gasteiger partial charge in [0.15, 0.2) is 0 Å². The van der Waals surface area contributed by atoms with Crippen molar-refractivity contribution in [3.63, 3.8) is 0 Å². The Kier molecular flexibility index (Phi) is 5.31. The summed E-state index contributed by atoms with van der Waals surface area (Å²) in [5.74, 6) is 0.763. The molecule has 0 aromatic rings. The van der Waals surface area contributed by atoms with Gasteiger partial charge in [0.05, 0.1) is 0 Å². The molecule has 0 bridgehead atoms. The first-order chi connectivity index (χ1) is 8.33. The maximum Gasteiger partial charge on any atom is 0.312 e. The topological polar surface area (TPSA) is 98.2 Å². The Balaban J connectivity index is 2.43. The molecule has 0 radical (unpaired) electrons. The van der Waals surface area contributed by atoms with Gasteiger partial charge in [0.1, 0.15) is 0 Å². The number of carbonyl (C=O) groups is 2. The second kappa shape index (κ2) is 6.31. The number of urea groups is 1. The third kappa shape index (κ3) is 4.40. The van der Waals surface area contributed by atoms with Crippen LogP contribution < -0.4 is 16.8 Å². The third-order valence-electron chi connectivity index (χ3n) is 3.34. The summed E-state index contributed by atoms with van der Waals surface area (Å²) < 4.78 is 0. The van der Waals surface area contributed by atoms with E-state index in [1.165, 1.54) is 0 Å². The fourth-order valence-electron chi connectivity index (χ4n) is 2.35. The zero-order chi connectivity index (χ0) is 13.8. The van der Waals surface area contributed by atoms with Gasteiger partial charge < -0.3 is 16.8 Å². The van der Waals surface area contributed by atoms with E-state index in [-0.39, 0.29) is 17.4 Å². The van der Waals surface area contributed by atoms with E-state index in [1.54, 1.807) is 0 Å². The molecule has 3 amide bonds. The van der Waals surface area contributed by atoms with Gasteiger partial charge in [-0.2, -0.15) is 11.8 Å². The number of amides is 3. The Morgan fingerprint density at radius 2 is 2.00 bits per heavy atom. The van der Waals surface area contributed by atoms with E-state index in [0.29, 0.717) is 11.7 Å². The first-order valence-electron chi connectivity index (χ1n) is 6.29. The van der Waals surface area contributed by atoms with Gasteiger partial charge in [0, 0.05) is 23.5 Å². The van der Waals surface area contributed by atoms with Crippen molar-refractivity contribution < 1.29 is 9.59 Å². The van der Waals surface area contributed by atoms with Gasteiger partial charge in [0.25, 0.3) is 0 Å². The van der Waals surface area contributed by atoms with Crippen molar-refractivity contribution in [2.75, 3.05) is 5.75 Å². The van der Waals surface area contributed by atoms with Crippen LogP contribution in [0.5, 0.6) is 0 Å². The molecule has 1 rings (SSSR count). The summed E-state index contributed by atoms with van der Waals surface area (Å²) in [6.07, 6.45) is 3.19. The number of nitrogens with one attached hydrogen (secondary N) is 1. The van der Waals surface area contributed by atoms with Crippen LogP contribution in [0.25, 0.3) is 0 Å². The van der Waals surface area contributed by atoms with Gasteiger partial charge in [0.2, 0.25) is 5.91 Å². The van der Waals surface area contributed by atoms with Crippen molar-refractivity contribution in [2.24, 2.45) is 16.9 Å². The lowest BCUT2D eigenvalue weighted by atomic mass is 9.83. The van der Waals surface area contributed by atoms with Crippen molar-refractivity contribution in [1.29, 1.82) is 0 Å². The summed E-state index contributed by atoms with van der Waals surface area (Å²) in [5, 5.41) is 3.23. The van der Waals surface area contributed by atoms with Gasteiger partial charge in [-0.15, -0.1) is 0 Å². The van der Waals surface area contributed by atoms with E-state index < -0.39 is 6.03 Å². The van der Waals surface area contributed by atoms with Gasteiger partial charge in [-0.05, 0) is 18.3 Å². The minimum Gasteiger partial charge on any atom is -0.370 e. The molecule has 1 heterocycles. The van der Waals surface area contributed by atoms with Crippen LogP contribution in [0.3, 0.4) is 0 Å². The lowest BCUT2D eigenvalue weighted by molar-refractivity contribution is -0.118. The molecule has 1 saturated heterocycles. The molecule has 2 atom stereocenters. The maximum absolute atomic E-state index is 11.0. The minimum atomic E-state index is -0.460. The number of unbranched alkanes of at least 4 members (excludes halogenated alkanes) is 1. The molecule has 1 aliphatic heterocycles. The summed E-state index contributed by atoms with van der Waals surface area (Å²) in [7, 11) is 0. The maximum atomic E-state index is 11.0. The van der Waals surface area contributed by atoms with Crippen LogP contribution in [0, 0.1) is 5.41 Å². The van der Waals surface area contributed by atoms with E-state index >= 15 is 0 Å². The number of hydrogen-bond acceptors (Lipinski definition) is 3. The second-order valence-electron chi connectivity index (χ2n) is 5.54. The summed E-state index contributed by atoms with van der Waals surface area (Å²) >= 11 is 1.87. The predicted molar refractivity (Wildman–Crippen MR) is 74.2 cm³/mol. The van der Waals surface area contributed by atoms with Gasteiger partial charge in [-0.25, -0.2) is 4.79 Å². The van der Waals surface area contributed by atoms with E-state index in [4.69, 9.17) is 11.5 Å². The van der Waals surface area contributed by atoms with Crippen LogP contribution in [-0.2, 0) is 4.79 Å². The van der Waals surface area contributed by atoms with Crippen LogP contribution in [0.1, 0.15) is 39.5 Å². The van der Waals surface area contributed by atoms with Crippen molar-refractivity contribution in [3.05, 3.63) is 0 Å². The van der Waals surface area contributed by atoms with Crippen molar-refractivity contribution in [3.8, 4) is 0 Å². The fourth-order valence-corrected chi connectivity index (χ4v) is 4.13. The Hall–Kier alpha value is -0.910. The summed E-state index contributed by atoms with van der Waals surface area (Å²) in [5.41, 5.74) is 10.4. The molecule has 0 aromatic heterocycles. The lowest BCUT2D eigenvalue weighted by Gasteiger charge is -2.29. The molecule has 0 spiro atoms. The zero-order valence-corrected chi connectivity index (χ0v) is 11.9. The number of hydrogen-bond donors (Lipinski definition) is 3. The standard InChI is InChI=1S/C12H23N3O2S/c1-12(2)7-18-8(10(12)15-11(14)17)5-3-4-6-9(13)16/h8,10H,3-7H2,1-2H3,(H2,13,16)(H3,14,15,17)/t8-,10+/m0/s1. The Morgan fingerprint density at radius 1 is 1.33 bits per heavy atom. The smallest absolute Gasteiger partial charge is 0.312 e. The van der Waals surface area contributed by atoms with Crippen LogP contribution in [0.4, 0.5) is 4.79 Å². The van der Waals surface area contributed by atoms with Gasteiger partial charge in [-0.3, -0.25) is 4.79 Å². The SMILES string of the molecule is CC1(C)CS[C@@H](CCCCC(N)=O)[C@H]1NC(N)=O. The molecule has 0 saturated carbocycles. The number of primary amides is 2. The molecular formula is C12H23N3O2S. The van der Waals surface area contributed by atoms with E-state index in [1.807, 2.05) is 11.8 Å². The molecule has 1 aliphatic rings. The first-order valence-corrected chi connectivity index (χ1v) is 7.33. The van der Waals surface area contributed by atoms with Crippen molar-refractivity contribution >= 4 is 23.7 Å². The number of thioether (sulfide) groups is 1. The fraction of sp³-hybridized carbons (Fsp3) is 0.833. The van der Waals surface area contributed by atoms with Crippen molar-refractivity contribution in [2.45, 2.75) is 50.8 Å². The largest absolute Gasteiger partial charge is 0.370 e. The average Bonchev–Trinajstić information content (AvgIpc) is 2.50. The number of nitrogens with two attached hydrogens (primary N) is 2. The summed E-state index contributed by atoms with van der Waals surface area (Å²) in [6.45, 7) is 4.29. The normalized spacial score (nSPS) is 25.9. The third-order valence-corrected chi connectivity index (χ3v) is 5.19. The highest BCUT2D eigenvalue weighted by molar-refractivity contribution is 8.00. The van der Waals surface area contributed by atoms with Crippen LogP contribution >= 0.6 is 11.8 Å². The quantitative estimate of drug-likeness (QED) is 0.634. The molecule has 0 aromatic carbocycles. The highest BCUT2D eigenvalue weighted by Crippen LogP contribution is 2.42. The summed E-state index contributed by atoms with van der Waals surface area (Å²) in [4.78, 5) is 21.7. The molecule has 18 heavy (non-hydrogen) atoms. The van der Waals surface area contributed by atoms with E-state index in [0.717, 1.165) is 25.0 Å². The van der Waals surface area contributed by atoms with E-state index in [2.05, 4.69) is 19.2 Å². The summed E-state index contributed by atoms with van der Waals surface area (Å²) in [6, 6.07) is -0.355. The number of rotatable bonds is 6. The molecule has 5 nitrogen and oxygen atoms in total. The Bertz CT molecular complexity index is 320. The minimum absolute atomic E-state index is 0.0635. The monoisotopic (exact) mass is 273 g/mol. The molecule has 0 aliphatic carbocycles. The Morgan fingerprint density at radius 3 is 2.56 bits per heavy atom. The molecule has 6 heteroatoms. The molecular weight excluding hydrogens is 250 g/mol. The first kappa shape index (κ1) is 15.1. The van der Waals surface area contributed by atoms with E-state index in [9.17, 15) is 9.59 Å². The Labute approximate surface area is 112 Å². The molecule has 1 fully saturated rings. The van der Waals surface area contributed by atoms with Crippen LogP contribution in [-0.4, -0.2) is 29.0 Å². The van der Waals surface area contributed by atoms with Crippen LogP contribution in [0.2, 0.25) is 0 Å². The van der Waals surface area contributed by atoms with Gasteiger partial charge in [-0.1, -0.05) is 20.3 Å². The second-order valence-corrected chi connectivity index (χ2v) is 6.76. The molecule has 104 valence electrons. The van der Waals surface area contributed by atoms with Crippen molar-refractivity contribution in [1.82, 2.24) is 5.32 Å². The molecule has 0 unspecified atom stereocenters. The van der Waals surface area contributed by atoms with Gasteiger partial charge >= 0.3 is 6.03 Å². The highest BCUT2D eigenvalue weighted by atomic mass is 32.2. The molecule has 5 N–H and O–H groups in total. The van der Waals surface area contributed by atoms with Crippen LogP contribution in [0.15, 0.2) is 0 Å². The predicted octanol–water partition coefficient (Wildman–Crippen LogP) is 1.21. The highest BCUT2D eigenvalue weighted by Gasteiger charge is 2.42. The average molecular weight is 273 g/mol.